The second-order valence-corrected chi connectivity index (χ2v) is 23.4. The molecule has 10 rings (SSSR count). The summed E-state index contributed by atoms with van der Waals surface area (Å²) in [5, 5.41) is 58.6. The minimum atomic E-state index is -0.831. The molecule has 25 heteroatoms. The van der Waals surface area contributed by atoms with Crippen LogP contribution in [0, 0.1) is 61.7 Å². The second-order valence-electron chi connectivity index (χ2n) is 23.4. The Labute approximate surface area is 629 Å². The van der Waals surface area contributed by atoms with Crippen LogP contribution < -0.4 is 0 Å². The molecule has 1 unspecified atom stereocenters. The number of carboxylic acids is 2. The summed E-state index contributed by atoms with van der Waals surface area (Å²) in [5.41, 5.74) is 8.55. The predicted molar refractivity (Wildman–Crippen MR) is 393 cm³/mol. The molecular weight excluding hydrogens is 1430 g/mol. The van der Waals surface area contributed by atoms with Gasteiger partial charge in [0.05, 0.1) is 66.0 Å². The van der Waals surface area contributed by atoms with E-state index in [-0.39, 0.29) is 69.5 Å². The van der Waals surface area contributed by atoms with Crippen LogP contribution in [0.15, 0.2) is 201 Å². The number of benzene rings is 6. The molecule has 9 aromatic rings. The quantitative estimate of drug-likeness (QED) is 0.0117. The Bertz CT molecular complexity index is 3720. The van der Waals surface area contributed by atoms with Crippen molar-refractivity contribution < 1.29 is 93.3 Å². The first-order chi connectivity index (χ1) is 49.7. The molecule has 6 atom stereocenters. The molecule has 105 heavy (non-hydrogen) atoms. The average molecular weight is 1530 g/mol. The number of aliphatic carboxylic acids is 2. The van der Waals surface area contributed by atoms with Crippen LogP contribution in [0.5, 0.6) is 0 Å². The van der Waals surface area contributed by atoms with Crippen LogP contribution in [0.25, 0.3) is 0 Å². The number of hydrogen-bond acceptors (Lipinski definition) is 19. The molecule has 1 saturated heterocycles. The number of aromatic nitrogens is 9. The van der Waals surface area contributed by atoms with E-state index >= 15 is 0 Å². The standard InChI is InChI=1S/2C20H21N3O2.C13H14O2.C9H10O2.C6H9N3O2.C6H8O2.C4H8O2.CH4O.CH3.Pd/c2*1-16(20(24)25-15-18-10-6-3-7-11-18)12-19-14-23(22-21-19)13-17-8-4-2-5-9-17;1-3-7-11(2)13(14)15-10-12-8-5-4-6-9-12;1-8(10)11-7-9-5-3-2-4-6-9;1-4(6(10)11)2-5-3-7-9-8-5;1-3-4-5(2)6(7)8;5-4-2-1-3-6-4;1-2;;/h2*2-11,14,16H,12-13,15H2,1H3;1,4-6,8-9,11H,7,10H2,2H3;2-6H,7H2,1H3;3-4H,2H2,1H3,(H,10,11)(H,7,8,9);1,5H,4H2,2H3,(H,7,8);4-5H,1-3H2;2H,1H3;1H3;/q;;;;;;;;-1;/t2*16-;11-;;4-;5-;;;;/m000.00..../s1. The third-order valence-corrected chi connectivity index (χ3v) is 14.3. The van der Waals surface area contributed by atoms with Crippen LogP contribution in [-0.2, 0) is 132 Å². The number of aliphatic hydroxyl groups is 2. The number of carbonyl (C=O) groups excluding carboxylic acids is 4. The number of esters is 4. The summed E-state index contributed by atoms with van der Waals surface area (Å²) in [6.45, 7) is 13.4. The average Bonchev–Trinajstić information content (AvgIpc) is 1.91. The number of carbonyl (C=O) groups is 6. The number of hydrogen-bond donors (Lipinski definition) is 5. The SMILES string of the molecule is C#CC[C@H](C)C(=O)O.C#CC[C@H](C)C(=O)OCc1ccccc1.CC(=O)OCc1ccccc1.CO.C[C@@H](Cc1cn(Cc2ccccc2)nn1)C(=O)OCc1ccccc1.C[C@@H](Cc1cn(Cc2ccccc2)nn1)C(=O)OCc1ccccc1.C[C@@H](Cc1cn[nH]n1)C(=O)O.OC1CCCO1.[CH3-].[Pd]. The summed E-state index contributed by atoms with van der Waals surface area (Å²) >= 11 is 0. The van der Waals surface area contributed by atoms with E-state index in [9.17, 15) is 28.8 Å². The van der Waals surface area contributed by atoms with Crippen molar-refractivity contribution >= 4 is 35.8 Å². The summed E-state index contributed by atoms with van der Waals surface area (Å²) in [6, 6.07) is 58.7. The number of aliphatic hydroxyl groups excluding tert-OH is 2. The Morgan fingerprint density at radius 3 is 1.10 bits per heavy atom. The molecule has 1 aliphatic heterocycles. The molecule has 0 bridgehead atoms. The number of terminal acetylenes is 2. The van der Waals surface area contributed by atoms with Gasteiger partial charge in [-0.3, -0.25) is 28.8 Å². The zero-order valence-corrected chi connectivity index (χ0v) is 62.3. The number of aromatic amines is 1. The number of ether oxygens (including phenoxy) is 5. The van der Waals surface area contributed by atoms with Gasteiger partial charge in [0.25, 0.3) is 0 Å². The molecule has 0 radical (unpaired) electrons. The first-order valence-corrected chi connectivity index (χ1v) is 33.3. The molecule has 0 spiro atoms. The van der Waals surface area contributed by atoms with Crippen molar-refractivity contribution in [3.63, 3.8) is 0 Å². The molecule has 4 heterocycles. The monoisotopic (exact) mass is 1530 g/mol. The normalized spacial score (nSPS) is 12.5. The van der Waals surface area contributed by atoms with Gasteiger partial charge in [-0.25, -0.2) is 9.36 Å². The Kier molecular flexibility index (Phi) is 49.0. The number of carboxylic acid groups (broad SMARTS) is 2. The van der Waals surface area contributed by atoms with E-state index in [1.165, 1.54) is 13.1 Å². The molecule has 1 aliphatic rings. The van der Waals surface area contributed by atoms with E-state index in [1.54, 1.807) is 30.1 Å². The van der Waals surface area contributed by atoms with Crippen LogP contribution in [-0.4, -0.2) is 122 Å². The number of H-pyrrole nitrogens is 1. The molecule has 6 aromatic carbocycles. The first kappa shape index (κ1) is 92.2. The fourth-order valence-corrected chi connectivity index (χ4v) is 8.54. The Balaban J connectivity index is 0.000000640. The van der Waals surface area contributed by atoms with Gasteiger partial charge in [0, 0.05) is 92.0 Å². The van der Waals surface area contributed by atoms with E-state index < -0.39 is 30.1 Å². The number of rotatable bonds is 25. The van der Waals surface area contributed by atoms with Gasteiger partial charge >= 0.3 is 35.8 Å². The Morgan fingerprint density at radius 2 is 0.829 bits per heavy atom. The summed E-state index contributed by atoms with van der Waals surface area (Å²) < 4.78 is 28.9. The van der Waals surface area contributed by atoms with E-state index in [4.69, 9.17) is 57.0 Å². The summed E-state index contributed by atoms with van der Waals surface area (Å²) in [6.07, 6.45) is 18.8. The van der Waals surface area contributed by atoms with Crippen LogP contribution in [0.4, 0.5) is 0 Å². The first-order valence-electron chi connectivity index (χ1n) is 33.3. The molecule has 24 nitrogen and oxygen atoms in total. The number of nitrogens with zero attached hydrogens (tertiary/aromatic N) is 8. The van der Waals surface area contributed by atoms with E-state index in [0.29, 0.717) is 77.3 Å². The van der Waals surface area contributed by atoms with Gasteiger partial charge in [-0.15, -0.1) is 34.9 Å². The topological polar surface area (TPSA) is 332 Å². The Hall–Kier alpha value is -10.8. The van der Waals surface area contributed by atoms with Gasteiger partial charge in [0.15, 0.2) is 6.29 Å². The van der Waals surface area contributed by atoms with Crippen molar-refractivity contribution in [1.82, 2.24) is 45.4 Å². The van der Waals surface area contributed by atoms with Crippen molar-refractivity contribution in [3.8, 4) is 24.7 Å². The molecule has 5 N–H and O–H groups in total. The maximum absolute atomic E-state index is 12.1. The van der Waals surface area contributed by atoms with Crippen LogP contribution >= 0.6 is 0 Å². The Morgan fingerprint density at radius 1 is 0.505 bits per heavy atom. The van der Waals surface area contributed by atoms with Gasteiger partial charge in [-0.2, -0.15) is 15.4 Å². The van der Waals surface area contributed by atoms with Crippen LogP contribution in [0.1, 0.15) is 118 Å². The van der Waals surface area contributed by atoms with E-state index in [1.807, 2.05) is 208 Å². The molecule has 1 fully saturated rings. The third kappa shape index (κ3) is 42.4. The van der Waals surface area contributed by atoms with Gasteiger partial charge in [0.1, 0.15) is 26.4 Å². The van der Waals surface area contributed by atoms with Gasteiger partial charge < -0.3 is 51.5 Å². The van der Waals surface area contributed by atoms with Crippen LogP contribution in [0.2, 0.25) is 0 Å². The van der Waals surface area contributed by atoms with E-state index in [2.05, 4.69) is 47.9 Å². The molecular formula is C80H98N9O15Pd-. The van der Waals surface area contributed by atoms with Gasteiger partial charge in [-0.1, -0.05) is 227 Å². The van der Waals surface area contributed by atoms with Crippen molar-refractivity contribution in [3.05, 3.63) is 258 Å². The largest absolute Gasteiger partial charge is 0.481 e. The number of nitrogens with one attached hydrogen (secondary N) is 1. The second kappa shape index (κ2) is 55.8. The molecule has 0 amide bonds. The maximum Gasteiger partial charge on any atom is 0.309 e. The molecule has 0 aliphatic carbocycles. The van der Waals surface area contributed by atoms with Crippen molar-refractivity contribution in [2.45, 2.75) is 132 Å². The third-order valence-electron chi connectivity index (χ3n) is 14.3. The van der Waals surface area contributed by atoms with Crippen molar-refractivity contribution in [1.29, 1.82) is 0 Å². The molecule has 564 valence electrons. The molecule has 3 aromatic heterocycles. The predicted octanol–water partition coefficient (Wildman–Crippen LogP) is 11.6. The summed E-state index contributed by atoms with van der Waals surface area (Å²) in [4.78, 5) is 66.4. The van der Waals surface area contributed by atoms with Crippen molar-refractivity contribution in [2.75, 3.05) is 13.7 Å². The minimum absolute atomic E-state index is 0. The minimum Gasteiger partial charge on any atom is -0.481 e. The fraction of sp³-hybridized carbons (Fsp3) is 0.338. The van der Waals surface area contributed by atoms with Crippen molar-refractivity contribution in [2.24, 2.45) is 29.6 Å². The maximum atomic E-state index is 12.1. The summed E-state index contributed by atoms with van der Waals surface area (Å²) in [5.74, 6) is 0.602. The summed E-state index contributed by atoms with van der Waals surface area (Å²) in [7, 11) is 1.00. The van der Waals surface area contributed by atoms with Gasteiger partial charge in [-0.05, 0) is 39.8 Å². The molecule has 0 saturated carbocycles. The smallest absolute Gasteiger partial charge is 0.309 e. The zero-order valence-electron chi connectivity index (χ0n) is 60.7. The van der Waals surface area contributed by atoms with Crippen LogP contribution in [0.3, 0.4) is 0 Å². The van der Waals surface area contributed by atoms with E-state index in [0.717, 1.165) is 71.3 Å². The fourth-order valence-electron chi connectivity index (χ4n) is 8.54. The van der Waals surface area contributed by atoms with Gasteiger partial charge in [0.2, 0.25) is 0 Å². The zero-order chi connectivity index (χ0) is 75.4.